The number of nitrogens with zero attached hydrogens (tertiary/aromatic N) is 3. The van der Waals surface area contributed by atoms with E-state index in [-0.39, 0.29) is 11.3 Å². The van der Waals surface area contributed by atoms with Crippen LogP contribution in [0.15, 0.2) is 56.2 Å². The summed E-state index contributed by atoms with van der Waals surface area (Å²) < 4.78 is 1.16. The minimum atomic E-state index is -0.212. The summed E-state index contributed by atoms with van der Waals surface area (Å²) >= 11 is 2.31. The first-order valence-electron chi connectivity index (χ1n) is 9.25. The molecule has 26 heavy (non-hydrogen) atoms. The maximum atomic E-state index is 13.1. The highest BCUT2D eigenvalue weighted by molar-refractivity contribution is 14.1. The maximum Gasteiger partial charge on any atom is 0.253 e. The molecule has 2 aliphatic heterocycles. The molecule has 4 nitrogen and oxygen atoms in total. The highest BCUT2D eigenvalue weighted by Gasteiger charge is 2.50. The van der Waals surface area contributed by atoms with Crippen LogP contribution in [0.2, 0.25) is 0 Å². The van der Waals surface area contributed by atoms with Crippen LogP contribution in [0.25, 0.3) is 0 Å². The standard InChI is InChI=1S/C21H20IN3O/c22-16-5-6-18-23-19(17-4-2-1-3-15(17)12-25(18)13-16)24-20(26)21-9-7-14(11-21)8-10-21/h1-6,13-14H,7-12H2. The van der Waals surface area contributed by atoms with Crippen molar-refractivity contribution in [2.24, 2.45) is 21.3 Å². The predicted octanol–water partition coefficient (Wildman–Crippen LogP) is 4.60. The molecule has 0 saturated heterocycles. The molecular weight excluding hydrogens is 437 g/mol. The van der Waals surface area contributed by atoms with Crippen molar-refractivity contribution in [3.63, 3.8) is 0 Å². The van der Waals surface area contributed by atoms with Gasteiger partial charge in [0.15, 0.2) is 5.84 Å². The van der Waals surface area contributed by atoms with E-state index in [1.54, 1.807) is 0 Å². The Morgan fingerprint density at radius 1 is 1.23 bits per heavy atom. The van der Waals surface area contributed by atoms with Gasteiger partial charge in [0.2, 0.25) is 0 Å². The number of amides is 1. The molecule has 0 radical (unpaired) electrons. The molecule has 5 heteroatoms. The number of hydrogen-bond donors (Lipinski definition) is 0. The minimum absolute atomic E-state index is 0.0463. The highest BCUT2D eigenvalue weighted by atomic mass is 127. The zero-order chi connectivity index (χ0) is 17.7. The summed E-state index contributed by atoms with van der Waals surface area (Å²) in [4.78, 5) is 24.7. The zero-order valence-corrected chi connectivity index (χ0v) is 16.6. The fourth-order valence-electron chi connectivity index (χ4n) is 4.76. The molecule has 132 valence electrons. The van der Waals surface area contributed by atoms with Crippen LogP contribution in [0.1, 0.15) is 43.2 Å². The third-order valence-electron chi connectivity index (χ3n) is 6.19. The van der Waals surface area contributed by atoms with Gasteiger partial charge in [-0.05, 0) is 78.3 Å². The first-order valence-corrected chi connectivity index (χ1v) is 10.3. The molecule has 2 aliphatic carbocycles. The van der Waals surface area contributed by atoms with Gasteiger partial charge in [0, 0.05) is 21.9 Å². The van der Waals surface area contributed by atoms with E-state index in [1.807, 2.05) is 30.4 Å². The second-order valence-corrected chi connectivity index (χ2v) is 9.02. The second kappa shape index (κ2) is 6.15. The van der Waals surface area contributed by atoms with Gasteiger partial charge in [-0.15, -0.1) is 0 Å². The molecule has 0 atom stereocenters. The van der Waals surface area contributed by atoms with Gasteiger partial charge in [-0.2, -0.15) is 4.99 Å². The van der Waals surface area contributed by atoms with Crippen LogP contribution < -0.4 is 0 Å². The molecule has 4 aliphatic rings. The number of allylic oxidation sites excluding steroid dienone is 2. The predicted molar refractivity (Wildman–Crippen MR) is 111 cm³/mol. The Morgan fingerprint density at radius 2 is 2.04 bits per heavy atom. The number of fused-ring (bicyclic) bond motifs is 4. The molecule has 2 bridgehead atoms. The van der Waals surface area contributed by atoms with E-state index in [9.17, 15) is 4.79 Å². The van der Waals surface area contributed by atoms with Crippen molar-refractivity contribution in [2.75, 3.05) is 0 Å². The third kappa shape index (κ3) is 2.68. The highest BCUT2D eigenvalue weighted by Crippen LogP contribution is 2.54. The van der Waals surface area contributed by atoms with E-state index >= 15 is 0 Å². The van der Waals surface area contributed by atoms with E-state index < -0.39 is 0 Å². The van der Waals surface area contributed by atoms with Crippen molar-refractivity contribution in [1.29, 1.82) is 0 Å². The Kier molecular flexibility index (Phi) is 3.88. The first-order chi connectivity index (χ1) is 12.6. The number of carbonyl (C=O) groups excluding carboxylic acids is 1. The lowest BCUT2D eigenvalue weighted by molar-refractivity contribution is -0.126. The number of carbonyl (C=O) groups is 1. The summed E-state index contributed by atoms with van der Waals surface area (Å²) in [5, 5.41) is 0. The molecule has 2 heterocycles. The van der Waals surface area contributed by atoms with Crippen LogP contribution in [-0.4, -0.2) is 22.5 Å². The van der Waals surface area contributed by atoms with Gasteiger partial charge in [-0.1, -0.05) is 24.3 Å². The lowest BCUT2D eigenvalue weighted by Gasteiger charge is -2.22. The van der Waals surface area contributed by atoms with Gasteiger partial charge in [-0.25, -0.2) is 4.99 Å². The molecular formula is C21H20IN3O. The molecule has 0 aromatic heterocycles. The molecule has 1 aromatic carbocycles. The van der Waals surface area contributed by atoms with Crippen LogP contribution in [-0.2, 0) is 11.3 Å². The van der Waals surface area contributed by atoms with Gasteiger partial charge >= 0.3 is 0 Å². The number of aliphatic imine (C=N–C) groups is 2. The van der Waals surface area contributed by atoms with Gasteiger partial charge in [0.25, 0.3) is 5.91 Å². The molecule has 0 unspecified atom stereocenters. The van der Waals surface area contributed by atoms with Crippen LogP contribution in [0, 0.1) is 11.3 Å². The van der Waals surface area contributed by atoms with Gasteiger partial charge in [0.1, 0.15) is 5.84 Å². The fraction of sp³-hybridized carbons (Fsp3) is 0.381. The van der Waals surface area contributed by atoms with Crippen LogP contribution >= 0.6 is 22.6 Å². The van der Waals surface area contributed by atoms with E-state index in [1.165, 1.54) is 12.8 Å². The molecule has 1 aromatic rings. The SMILES string of the molecule is O=C(N=C1N=C2C=CC(I)=CN2Cc2ccccc21)C12CCC(CC1)C2. The average molecular weight is 457 g/mol. The van der Waals surface area contributed by atoms with Gasteiger partial charge in [0.05, 0.1) is 5.41 Å². The second-order valence-electron chi connectivity index (χ2n) is 7.77. The van der Waals surface area contributed by atoms with Crippen molar-refractivity contribution in [3.05, 3.63) is 57.3 Å². The number of amidine groups is 2. The van der Waals surface area contributed by atoms with Gasteiger partial charge < -0.3 is 4.90 Å². The first kappa shape index (κ1) is 16.4. The molecule has 1 amide bonds. The molecule has 0 spiro atoms. The van der Waals surface area contributed by atoms with E-state index in [0.717, 1.165) is 52.3 Å². The number of rotatable bonds is 1. The lowest BCUT2D eigenvalue weighted by atomic mass is 9.83. The smallest absolute Gasteiger partial charge is 0.253 e. The number of hydrogen-bond acceptors (Lipinski definition) is 2. The largest absolute Gasteiger partial charge is 0.327 e. The number of halogens is 1. The Morgan fingerprint density at radius 3 is 2.81 bits per heavy atom. The quantitative estimate of drug-likeness (QED) is 0.579. The van der Waals surface area contributed by atoms with Crippen molar-refractivity contribution in [3.8, 4) is 0 Å². The van der Waals surface area contributed by atoms with Crippen molar-refractivity contribution in [1.82, 2.24) is 4.90 Å². The monoisotopic (exact) mass is 457 g/mol. The van der Waals surface area contributed by atoms with Crippen molar-refractivity contribution >= 4 is 40.2 Å². The molecule has 2 saturated carbocycles. The number of benzene rings is 1. The molecule has 5 rings (SSSR count). The third-order valence-corrected chi connectivity index (χ3v) is 6.83. The van der Waals surface area contributed by atoms with E-state index in [2.05, 4.69) is 44.7 Å². The summed E-state index contributed by atoms with van der Waals surface area (Å²) in [5.74, 6) is 2.20. The van der Waals surface area contributed by atoms with Crippen molar-refractivity contribution in [2.45, 2.75) is 38.6 Å². The van der Waals surface area contributed by atoms with E-state index in [4.69, 9.17) is 4.99 Å². The average Bonchev–Trinajstić information content (AvgIpc) is 3.22. The van der Waals surface area contributed by atoms with E-state index in [0.29, 0.717) is 5.84 Å². The fourth-order valence-corrected chi connectivity index (χ4v) is 5.27. The summed E-state index contributed by atoms with van der Waals surface area (Å²) in [5.41, 5.74) is 1.92. The maximum absolute atomic E-state index is 13.1. The van der Waals surface area contributed by atoms with Crippen LogP contribution in [0.4, 0.5) is 0 Å². The summed E-state index contributed by atoms with van der Waals surface area (Å²) in [7, 11) is 0. The van der Waals surface area contributed by atoms with Crippen LogP contribution in [0.5, 0.6) is 0 Å². The summed E-state index contributed by atoms with van der Waals surface area (Å²) in [6, 6.07) is 8.17. The molecule has 0 N–H and O–H groups in total. The Balaban J connectivity index is 1.59. The summed E-state index contributed by atoms with van der Waals surface area (Å²) in [6.07, 6.45) is 11.5. The Bertz CT molecular complexity index is 904. The summed E-state index contributed by atoms with van der Waals surface area (Å²) in [6.45, 7) is 0.742. The lowest BCUT2D eigenvalue weighted by Crippen LogP contribution is -2.26. The topological polar surface area (TPSA) is 45.0 Å². The van der Waals surface area contributed by atoms with Crippen LogP contribution in [0.3, 0.4) is 0 Å². The zero-order valence-electron chi connectivity index (χ0n) is 14.5. The normalized spacial score (nSPS) is 30.6. The molecule has 2 fully saturated rings. The minimum Gasteiger partial charge on any atom is -0.327 e. The Hall–Kier alpha value is -1.76. The Labute approximate surface area is 166 Å². The van der Waals surface area contributed by atoms with Crippen molar-refractivity contribution < 1.29 is 4.79 Å². The van der Waals surface area contributed by atoms with Gasteiger partial charge in [-0.3, -0.25) is 4.79 Å².